The second-order valence-corrected chi connectivity index (χ2v) is 7.12. The first-order valence-corrected chi connectivity index (χ1v) is 9.17. The van der Waals surface area contributed by atoms with Crippen LogP contribution >= 0.6 is 11.6 Å². The molecule has 4 nitrogen and oxygen atoms in total. The van der Waals surface area contributed by atoms with Crippen molar-refractivity contribution in [3.63, 3.8) is 0 Å². The average Bonchev–Trinajstić information content (AvgIpc) is 3.42. The molecular weight excluding hydrogens is 346 g/mol. The largest absolute Gasteiger partial charge is 0.331 e. The van der Waals surface area contributed by atoms with Crippen LogP contribution < -0.4 is 0 Å². The first-order chi connectivity index (χ1) is 12.6. The van der Waals surface area contributed by atoms with Gasteiger partial charge in [0, 0.05) is 17.6 Å². The molecule has 0 atom stereocenters. The molecule has 3 aromatic rings. The maximum absolute atomic E-state index is 13.2. The third-order valence-electron chi connectivity index (χ3n) is 4.74. The number of benzene rings is 2. The van der Waals surface area contributed by atoms with E-state index in [2.05, 4.69) is 17.2 Å². The summed E-state index contributed by atoms with van der Waals surface area (Å²) in [5.74, 6) is 0.0436. The van der Waals surface area contributed by atoms with Gasteiger partial charge in [-0.2, -0.15) is 5.10 Å². The van der Waals surface area contributed by atoms with Gasteiger partial charge in [0.1, 0.15) is 0 Å². The normalized spacial score (nSPS) is 13.6. The molecule has 0 aliphatic heterocycles. The summed E-state index contributed by atoms with van der Waals surface area (Å²) >= 11 is 6.09. The van der Waals surface area contributed by atoms with Gasteiger partial charge in [-0.25, -0.2) is 4.68 Å². The van der Waals surface area contributed by atoms with Gasteiger partial charge >= 0.3 is 0 Å². The molecule has 1 aliphatic rings. The van der Waals surface area contributed by atoms with Crippen molar-refractivity contribution in [3.05, 3.63) is 82.6 Å². The third kappa shape index (κ3) is 3.37. The van der Waals surface area contributed by atoms with E-state index in [4.69, 9.17) is 11.6 Å². The summed E-state index contributed by atoms with van der Waals surface area (Å²) in [5, 5.41) is 5.08. The van der Waals surface area contributed by atoms with Crippen molar-refractivity contribution in [3.8, 4) is 5.69 Å². The number of hydrogen-bond acceptors (Lipinski definition) is 2. The lowest BCUT2D eigenvalue weighted by Gasteiger charge is -2.22. The Morgan fingerprint density at radius 3 is 2.65 bits per heavy atom. The van der Waals surface area contributed by atoms with E-state index < -0.39 is 0 Å². The minimum atomic E-state index is 0.0436. The minimum Gasteiger partial charge on any atom is -0.331 e. The molecule has 1 fully saturated rings. The Labute approximate surface area is 158 Å². The fraction of sp³-hybridized carbons (Fsp3) is 0.238. The summed E-state index contributed by atoms with van der Waals surface area (Å²) in [6, 6.07) is 17.9. The van der Waals surface area contributed by atoms with Gasteiger partial charge in [-0.15, -0.1) is 0 Å². The Bertz CT molecular complexity index is 931. The van der Waals surface area contributed by atoms with Crippen LogP contribution in [-0.4, -0.2) is 26.6 Å². The second-order valence-electron chi connectivity index (χ2n) is 6.69. The SMILES string of the molecule is Cc1c(C(=O)N(Cc2ccccc2)C2CC2)cnn1-c1cccc(Cl)c1. The van der Waals surface area contributed by atoms with Crippen LogP contribution in [0.4, 0.5) is 0 Å². The molecule has 26 heavy (non-hydrogen) atoms. The van der Waals surface area contributed by atoms with E-state index in [0.717, 1.165) is 29.8 Å². The van der Waals surface area contributed by atoms with Crippen LogP contribution in [0.25, 0.3) is 5.69 Å². The number of halogens is 1. The number of rotatable bonds is 5. The molecule has 4 rings (SSSR count). The number of carbonyl (C=O) groups is 1. The van der Waals surface area contributed by atoms with Gasteiger partial charge < -0.3 is 4.90 Å². The predicted octanol–water partition coefficient (Wildman–Crippen LogP) is 4.64. The van der Waals surface area contributed by atoms with E-state index in [1.165, 1.54) is 0 Å². The van der Waals surface area contributed by atoms with Gasteiger partial charge in [-0.1, -0.05) is 48.0 Å². The van der Waals surface area contributed by atoms with Crippen LogP contribution in [0, 0.1) is 6.92 Å². The highest BCUT2D eigenvalue weighted by atomic mass is 35.5. The monoisotopic (exact) mass is 365 g/mol. The minimum absolute atomic E-state index is 0.0436. The lowest BCUT2D eigenvalue weighted by atomic mass is 10.1. The summed E-state index contributed by atoms with van der Waals surface area (Å²) in [4.78, 5) is 15.2. The molecule has 1 saturated carbocycles. The molecule has 1 amide bonds. The summed E-state index contributed by atoms with van der Waals surface area (Å²) in [6.45, 7) is 2.56. The van der Waals surface area contributed by atoms with Gasteiger partial charge in [-0.05, 0) is 43.5 Å². The second kappa shape index (κ2) is 6.96. The van der Waals surface area contributed by atoms with Gasteiger partial charge in [0.25, 0.3) is 5.91 Å². The lowest BCUT2D eigenvalue weighted by Crippen LogP contribution is -2.32. The first kappa shape index (κ1) is 16.9. The highest BCUT2D eigenvalue weighted by Crippen LogP contribution is 2.30. The fourth-order valence-corrected chi connectivity index (χ4v) is 3.36. The molecule has 0 spiro atoms. The summed E-state index contributed by atoms with van der Waals surface area (Å²) in [6.07, 6.45) is 3.80. The molecule has 0 N–H and O–H groups in total. The average molecular weight is 366 g/mol. The third-order valence-corrected chi connectivity index (χ3v) is 4.97. The van der Waals surface area contributed by atoms with Crippen LogP contribution in [0.5, 0.6) is 0 Å². The van der Waals surface area contributed by atoms with Crippen LogP contribution in [0.2, 0.25) is 5.02 Å². The number of hydrogen-bond donors (Lipinski definition) is 0. The summed E-state index contributed by atoms with van der Waals surface area (Å²) < 4.78 is 1.77. The standard InChI is InChI=1S/C21H20ClN3O/c1-15-20(13-23-25(15)19-9-5-8-17(22)12-19)21(26)24(18-10-11-18)14-16-6-3-2-4-7-16/h2-9,12-13,18H,10-11,14H2,1H3. The molecule has 2 aromatic carbocycles. The highest BCUT2D eigenvalue weighted by Gasteiger charge is 2.34. The van der Waals surface area contributed by atoms with E-state index in [1.54, 1.807) is 10.9 Å². The van der Waals surface area contributed by atoms with Gasteiger partial charge in [0.2, 0.25) is 0 Å². The van der Waals surface area contributed by atoms with Crippen molar-refractivity contribution in [1.82, 2.24) is 14.7 Å². The molecule has 0 saturated heterocycles. The van der Waals surface area contributed by atoms with Gasteiger partial charge in [0.05, 0.1) is 23.1 Å². The molecule has 132 valence electrons. The Balaban J connectivity index is 1.63. The lowest BCUT2D eigenvalue weighted by molar-refractivity contribution is 0.0729. The molecule has 0 radical (unpaired) electrons. The van der Waals surface area contributed by atoms with Crippen LogP contribution in [0.15, 0.2) is 60.8 Å². The Kier molecular flexibility index (Phi) is 4.51. The van der Waals surface area contributed by atoms with E-state index in [1.807, 2.05) is 54.3 Å². The van der Waals surface area contributed by atoms with E-state index in [0.29, 0.717) is 23.2 Å². The molecule has 1 aliphatic carbocycles. The highest BCUT2D eigenvalue weighted by molar-refractivity contribution is 6.30. The molecule has 5 heteroatoms. The van der Waals surface area contributed by atoms with Crippen molar-refractivity contribution >= 4 is 17.5 Å². The smallest absolute Gasteiger partial charge is 0.257 e. The Morgan fingerprint density at radius 2 is 1.96 bits per heavy atom. The summed E-state index contributed by atoms with van der Waals surface area (Å²) in [5.41, 5.74) is 3.48. The van der Waals surface area contributed by atoms with Crippen LogP contribution in [0.3, 0.4) is 0 Å². The summed E-state index contributed by atoms with van der Waals surface area (Å²) in [7, 11) is 0. The molecule has 0 unspecified atom stereocenters. The maximum Gasteiger partial charge on any atom is 0.257 e. The van der Waals surface area contributed by atoms with Crippen molar-refractivity contribution in [2.45, 2.75) is 32.4 Å². The Morgan fingerprint density at radius 1 is 1.19 bits per heavy atom. The van der Waals surface area contributed by atoms with E-state index >= 15 is 0 Å². The zero-order valence-electron chi connectivity index (χ0n) is 14.6. The molecule has 1 heterocycles. The number of nitrogens with zero attached hydrogens (tertiary/aromatic N) is 3. The number of carbonyl (C=O) groups excluding carboxylic acids is 1. The zero-order valence-corrected chi connectivity index (χ0v) is 15.4. The fourth-order valence-electron chi connectivity index (χ4n) is 3.18. The van der Waals surface area contributed by atoms with Gasteiger partial charge in [0.15, 0.2) is 0 Å². The Hall–Kier alpha value is -2.59. The van der Waals surface area contributed by atoms with E-state index in [-0.39, 0.29) is 5.91 Å². The van der Waals surface area contributed by atoms with Crippen LogP contribution in [-0.2, 0) is 6.54 Å². The quantitative estimate of drug-likeness (QED) is 0.660. The molecular formula is C21H20ClN3O. The molecule has 0 bridgehead atoms. The van der Waals surface area contributed by atoms with Gasteiger partial charge in [-0.3, -0.25) is 4.79 Å². The zero-order chi connectivity index (χ0) is 18.1. The van der Waals surface area contributed by atoms with Crippen molar-refractivity contribution < 1.29 is 4.79 Å². The van der Waals surface area contributed by atoms with Crippen LogP contribution in [0.1, 0.15) is 34.5 Å². The molecule has 1 aromatic heterocycles. The van der Waals surface area contributed by atoms with Crippen molar-refractivity contribution in [2.75, 3.05) is 0 Å². The maximum atomic E-state index is 13.2. The van der Waals surface area contributed by atoms with Crippen molar-refractivity contribution in [1.29, 1.82) is 0 Å². The number of amides is 1. The van der Waals surface area contributed by atoms with Crippen molar-refractivity contribution in [2.24, 2.45) is 0 Å². The number of aromatic nitrogens is 2. The topological polar surface area (TPSA) is 38.1 Å². The van der Waals surface area contributed by atoms with E-state index in [9.17, 15) is 4.79 Å². The predicted molar refractivity (Wildman–Crippen MR) is 103 cm³/mol. The first-order valence-electron chi connectivity index (χ1n) is 8.79.